The smallest absolute Gasteiger partial charge is 0.0715 e. The lowest BCUT2D eigenvalue weighted by Gasteiger charge is -2.20. The van der Waals surface area contributed by atoms with Crippen molar-refractivity contribution in [1.82, 2.24) is 29.9 Å². The molecule has 0 atom stereocenters. The molecule has 0 saturated heterocycles. The van der Waals surface area contributed by atoms with Crippen molar-refractivity contribution in [2.75, 3.05) is 0 Å². The van der Waals surface area contributed by atoms with Crippen LogP contribution in [0.1, 0.15) is 0 Å². The molecule has 0 bridgehead atoms. The van der Waals surface area contributed by atoms with E-state index in [0.29, 0.717) is 0 Å². The maximum absolute atomic E-state index is 4.81. The van der Waals surface area contributed by atoms with Gasteiger partial charge in [-0.05, 0) is 108 Å². The zero-order chi connectivity index (χ0) is 32.1. The van der Waals surface area contributed by atoms with Crippen LogP contribution in [-0.2, 0) is 0 Å². The average Bonchev–Trinajstić information content (AvgIpc) is 3.19. The largest absolute Gasteiger partial charge is 0.256 e. The molecule has 6 aromatic heterocycles. The predicted molar refractivity (Wildman–Crippen MR) is 191 cm³/mol. The molecule has 0 spiro atoms. The summed E-state index contributed by atoms with van der Waals surface area (Å²) in [6, 6.07) is 44.7. The van der Waals surface area contributed by atoms with E-state index in [4.69, 9.17) is 29.9 Å². The highest BCUT2D eigenvalue weighted by atomic mass is 14.7. The summed E-state index contributed by atoms with van der Waals surface area (Å²) in [6.45, 7) is 0. The number of hydrogen-bond donors (Lipinski definition) is 0. The highest BCUT2D eigenvalue weighted by molar-refractivity contribution is 5.99. The van der Waals surface area contributed by atoms with Crippen molar-refractivity contribution in [3.05, 3.63) is 171 Å². The van der Waals surface area contributed by atoms with Crippen molar-refractivity contribution in [2.24, 2.45) is 0 Å². The second kappa shape index (κ2) is 13.0. The molecule has 0 aliphatic heterocycles. The molecule has 0 aliphatic rings. The SMILES string of the molecule is c1ccc(-c2cc(-c3cc(-c4ccccn4)c(-c4ccccn4)c(-c4ccccn4)c3)cc(-c3ccccn3)c2-c2ccccn2)nc1. The summed E-state index contributed by atoms with van der Waals surface area (Å²) < 4.78 is 0. The zero-order valence-corrected chi connectivity index (χ0v) is 25.8. The van der Waals surface area contributed by atoms with E-state index in [-0.39, 0.29) is 0 Å². The summed E-state index contributed by atoms with van der Waals surface area (Å²) in [7, 11) is 0. The van der Waals surface area contributed by atoms with E-state index in [1.165, 1.54) is 0 Å². The number of hydrogen-bond acceptors (Lipinski definition) is 6. The van der Waals surface area contributed by atoms with Gasteiger partial charge in [-0.15, -0.1) is 0 Å². The van der Waals surface area contributed by atoms with E-state index in [9.17, 15) is 0 Å². The van der Waals surface area contributed by atoms with Crippen LogP contribution in [0.15, 0.2) is 171 Å². The van der Waals surface area contributed by atoms with Crippen molar-refractivity contribution in [3.8, 4) is 78.7 Å². The number of aromatic nitrogens is 6. The summed E-state index contributed by atoms with van der Waals surface area (Å²) in [5.41, 5.74) is 12.8. The van der Waals surface area contributed by atoms with E-state index in [2.05, 4.69) is 24.3 Å². The molecular weight excluding hydrogens is 589 g/mol. The van der Waals surface area contributed by atoms with Gasteiger partial charge in [0.2, 0.25) is 0 Å². The van der Waals surface area contributed by atoms with Crippen LogP contribution < -0.4 is 0 Å². The summed E-state index contributed by atoms with van der Waals surface area (Å²) in [4.78, 5) is 28.8. The molecule has 48 heavy (non-hydrogen) atoms. The van der Waals surface area contributed by atoms with E-state index in [1.807, 2.05) is 146 Å². The third-order valence-corrected chi connectivity index (χ3v) is 8.22. The molecule has 0 fully saturated rings. The first-order valence-electron chi connectivity index (χ1n) is 15.7. The number of benzene rings is 2. The first-order valence-corrected chi connectivity index (χ1v) is 15.7. The van der Waals surface area contributed by atoms with E-state index >= 15 is 0 Å². The van der Waals surface area contributed by atoms with Crippen LogP contribution >= 0.6 is 0 Å². The number of pyridine rings is 6. The van der Waals surface area contributed by atoms with Crippen molar-refractivity contribution >= 4 is 0 Å². The van der Waals surface area contributed by atoms with Crippen molar-refractivity contribution in [3.63, 3.8) is 0 Å². The highest BCUT2D eigenvalue weighted by Crippen LogP contribution is 2.45. The van der Waals surface area contributed by atoms with E-state index in [0.717, 1.165) is 78.7 Å². The predicted octanol–water partition coefficient (Wildman–Crippen LogP) is 9.73. The third kappa shape index (κ3) is 5.63. The van der Waals surface area contributed by atoms with Gasteiger partial charge in [0.15, 0.2) is 0 Å². The molecular formula is C42H28N6. The Morgan fingerprint density at radius 3 is 0.688 bits per heavy atom. The number of rotatable bonds is 7. The molecule has 6 heterocycles. The molecule has 6 nitrogen and oxygen atoms in total. The molecule has 0 saturated carbocycles. The normalized spacial score (nSPS) is 10.9. The van der Waals surface area contributed by atoms with Crippen LogP contribution in [0.25, 0.3) is 78.7 Å². The lowest BCUT2D eigenvalue weighted by atomic mass is 9.85. The van der Waals surface area contributed by atoms with Gasteiger partial charge < -0.3 is 0 Å². The minimum absolute atomic E-state index is 0.845. The quantitative estimate of drug-likeness (QED) is 0.177. The van der Waals surface area contributed by atoms with Crippen LogP contribution in [0.4, 0.5) is 0 Å². The van der Waals surface area contributed by atoms with Gasteiger partial charge in [0.05, 0.1) is 34.2 Å². The van der Waals surface area contributed by atoms with Gasteiger partial charge in [0.25, 0.3) is 0 Å². The van der Waals surface area contributed by atoms with Gasteiger partial charge in [-0.3, -0.25) is 29.9 Å². The fourth-order valence-corrected chi connectivity index (χ4v) is 6.09. The molecule has 0 aliphatic carbocycles. The molecule has 8 rings (SSSR count). The lowest BCUT2D eigenvalue weighted by molar-refractivity contribution is 1.28. The fraction of sp³-hybridized carbons (Fsp3) is 0. The minimum Gasteiger partial charge on any atom is -0.256 e. The maximum Gasteiger partial charge on any atom is 0.0715 e. The van der Waals surface area contributed by atoms with Crippen molar-refractivity contribution in [2.45, 2.75) is 0 Å². The first-order chi connectivity index (χ1) is 23.8. The Balaban J connectivity index is 1.48. The zero-order valence-electron chi connectivity index (χ0n) is 25.8. The summed E-state index contributed by atoms with van der Waals surface area (Å²) in [5.74, 6) is 0. The summed E-state index contributed by atoms with van der Waals surface area (Å²) >= 11 is 0. The van der Waals surface area contributed by atoms with Crippen LogP contribution in [-0.4, -0.2) is 29.9 Å². The molecule has 2 aromatic carbocycles. The van der Waals surface area contributed by atoms with E-state index < -0.39 is 0 Å². The Morgan fingerprint density at radius 1 is 0.250 bits per heavy atom. The first kappa shape index (κ1) is 28.8. The van der Waals surface area contributed by atoms with Gasteiger partial charge in [0, 0.05) is 70.6 Å². The number of nitrogens with zero attached hydrogens (tertiary/aromatic N) is 6. The van der Waals surface area contributed by atoms with Gasteiger partial charge in [-0.25, -0.2) is 0 Å². The van der Waals surface area contributed by atoms with Crippen molar-refractivity contribution < 1.29 is 0 Å². The monoisotopic (exact) mass is 616 g/mol. The minimum atomic E-state index is 0.845. The van der Waals surface area contributed by atoms with Gasteiger partial charge in [-0.2, -0.15) is 0 Å². The second-order valence-electron chi connectivity index (χ2n) is 11.2. The Bertz CT molecular complexity index is 2010. The van der Waals surface area contributed by atoms with Crippen LogP contribution in [0, 0.1) is 0 Å². The lowest BCUT2D eigenvalue weighted by Crippen LogP contribution is -1.98. The fourth-order valence-electron chi connectivity index (χ4n) is 6.09. The molecule has 226 valence electrons. The highest BCUT2D eigenvalue weighted by Gasteiger charge is 2.22. The summed E-state index contributed by atoms with van der Waals surface area (Å²) in [5, 5.41) is 0. The van der Waals surface area contributed by atoms with Crippen LogP contribution in [0.2, 0.25) is 0 Å². The third-order valence-electron chi connectivity index (χ3n) is 8.22. The van der Waals surface area contributed by atoms with Gasteiger partial charge in [0.1, 0.15) is 0 Å². The Kier molecular flexibility index (Phi) is 7.79. The van der Waals surface area contributed by atoms with Crippen molar-refractivity contribution in [1.29, 1.82) is 0 Å². The second-order valence-corrected chi connectivity index (χ2v) is 11.2. The molecule has 0 N–H and O–H groups in total. The Labute approximate surface area is 278 Å². The van der Waals surface area contributed by atoms with Crippen LogP contribution in [0.3, 0.4) is 0 Å². The summed E-state index contributed by atoms with van der Waals surface area (Å²) in [6.07, 6.45) is 10.9. The molecule has 8 aromatic rings. The van der Waals surface area contributed by atoms with Gasteiger partial charge >= 0.3 is 0 Å². The molecule has 6 heteroatoms. The van der Waals surface area contributed by atoms with E-state index in [1.54, 1.807) is 0 Å². The molecule has 0 unspecified atom stereocenters. The molecule has 0 radical (unpaired) electrons. The van der Waals surface area contributed by atoms with Gasteiger partial charge in [-0.1, -0.05) is 36.4 Å². The average molecular weight is 617 g/mol. The Morgan fingerprint density at radius 2 is 0.479 bits per heavy atom. The molecule has 0 amide bonds. The maximum atomic E-state index is 4.81. The Hall–Kier alpha value is -6.66. The van der Waals surface area contributed by atoms with Crippen LogP contribution in [0.5, 0.6) is 0 Å². The standard InChI is InChI=1S/C42H28N6/c1-7-19-43-35(13-1)31-25-29(26-32(36-14-2-8-20-44-36)41(31)39-17-5-11-23-47-39)30-27-33(37-15-3-9-21-45-37)42(40-18-6-12-24-48-40)34(28-30)38-16-4-10-22-46-38/h1-28H. The topological polar surface area (TPSA) is 77.3 Å².